The highest BCUT2D eigenvalue weighted by atomic mass is 32.2. The van der Waals surface area contributed by atoms with E-state index < -0.39 is 0 Å². The molecular weight excluding hydrogens is 545 g/mol. The number of imidazole rings is 1. The van der Waals surface area contributed by atoms with Crippen LogP contribution in [0, 0.1) is 0 Å². The van der Waals surface area contributed by atoms with E-state index in [0.29, 0.717) is 0 Å². The lowest BCUT2D eigenvalue weighted by Crippen LogP contribution is -2.05. The maximum Gasteiger partial charge on any atom is 0.174 e. The van der Waals surface area contributed by atoms with Gasteiger partial charge in [-0.25, -0.2) is 4.98 Å². The number of benzene rings is 6. The first-order chi connectivity index (χ1) is 21.3. The van der Waals surface area contributed by atoms with E-state index in [0.717, 1.165) is 27.6 Å². The molecule has 10 rings (SSSR count). The number of para-hydroxylation sites is 4. The smallest absolute Gasteiger partial charge is 0.174 e. The summed E-state index contributed by atoms with van der Waals surface area (Å²) in [5.41, 5.74) is 11.9. The minimum absolute atomic E-state index is 0.952. The summed E-state index contributed by atoms with van der Waals surface area (Å²) in [5.74, 6) is 0.952. The van der Waals surface area contributed by atoms with E-state index in [1.807, 2.05) is 11.8 Å². The highest BCUT2D eigenvalue weighted by molar-refractivity contribution is 7.98. The van der Waals surface area contributed by atoms with Gasteiger partial charge in [0.25, 0.3) is 0 Å². The fourth-order valence-electron chi connectivity index (χ4n) is 7.09. The molecule has 0 N–H and O–H groups in total. The van der Waals surface area contributed by atoms with Crippen molar-refractivity contribution >= 4 is 66.4 Å². The molecule has 6 aromatic carbocycles. The second-order valence-electron chi connectivity index (χ2n) is 11.2. The van der Waals surface area contributed by atoms with Crippen molar-refractivity contribution < 1.29 is 0 Å². The lowest BCUT2D eigenvalue weighted by atomic mass is 10.1. The summed E-state index contributed by atoms with van der Waals surface area (Å²) in [5, 5.41) is 6.09. The lowest BCUT2D eigenvalue weighted by Gasteiger charge is -2.18. The van der Waals surface area contributed by atoms with Gasteiger partial charge < -0.3 is 9.13 Å². The summed E-state index contributed by atoms with van der Waals surface area (Å²) < 4.78 is 7.10. The Hall–Kier alpha value is -5.26. The topological polar surface area (TPSA) is 27.7 Å². The van der Waals surface area contributed by atoms with Gasteiger partial charge in [0.1, 0.15) is 0 Å². The second kappa shape index (κ2) is 8.63. The Morgan fingerprint density at radius 2 is 1.00 bits per heavy atom. The Morgan fingerprint density at radius 1 is 0.465 bits per heavy atom. The summed E-state index contributed by atoms with van der Waals surface area (Å²) in [6.45, 7) is 0. The van der Waals surface area contributed by atoms with Crippen LogP contribution in [0.4, 0.5) is 0 Å². The van der Waals surface area contributed by atoms with Gasteiger partial charge in [-0.1, -0.05) is 84.6 Å². The largest absolute Gasteiger partial charge is 0.309 e. The van der Waals surface area contributed by atoms with Crippen LogP contribution in [0.1, 0.15) is 5.56 Å². The Morgan fingerprint density at radius 3 is 1.70 bits per heavy atom. The lowest BCUT2D eigenvalue weighted by molar-refractivity contribution is 0.894. The molecule has 0 amide bonds. The van der Waals surface area contributed by atoms with Crippen molar-refractivity contribution in [2.24, 2.45) is 0 Å². The average Bonchev–Trinajstić information content (AvgIpc) is 3.72. The monoisotopic (exact) mass is 568 g/mol. The van der Waals surface area contributed by atoms with E-state index in [9.17, 15) is 0 Å². The standard InChI is InChI=1S/C38H24N4S/c1-5-13-32-24(9-1)23-43-38-39-31-22-26(18-20-37(31)42(32)38)41-35-16-8-4-12-29(35)30-21-25(17-19-36(30)41)40-33-14-6-2-10-27(33)28-11-3-7-15-34(28)40/h1-22H,23H2. The molecule has 0 radical (unpaired) electrons. The summed E-state index contributed by atoms with van der Waals surface area (Å²) in [7, 11) is 0. The average molecular weight is 569 g/mol. The molecule has 4 nitrogen and oxygen atoms in total. The zero-order chi connectivity index (χ0) is 28.1. The maximum absolute atomic E-state index is 5.10. The van der Waals surface area contributed by atoms with E-state index in [4.69, 9.17) is 4.98 Å². The second-order valence-corrected chi connectivity index (χ2v) is 12.2. The Bertz CT molecular complexity index is 2530. The summed E-state index contributed by atoms with van der Waals surface area (Å²) in [6.07, 6.45) is 0. The van der Waals surface area contributed by atoms with Gasteiger partial charge in [0, 0.05) is 38.7 Å². The minimum atomic E-state index is 0.952. The Labute approximate surface area is 251 Å². The normalized spacial score (nSPS) is 12.9. The number of aromatic nitrogens is 4. The van der Waals surface area contributed by atoms with Crippen molar-refractivity contribution in [2.45, 2.75) is 10.9 Å². The van der Waals surface area contributed by atoms with Crippen LogP contribution in [0.15, 0.2) is 139 Å². The molecule has 5 heteroatoms. The zero-order valence-corrected chi connectivity index (χ0v) is 23.9. The molecule has 0 spiro atoms. The summed E-state index contributed by atoms with van der Waals surface area (Å²) in [6, 6.07) is 48.4. The first-order valence-corrected chi connectivity index (χ1v) is 15.6. The van der Waals surface area contributed by atoms with Gasteiger partial charge in [-0.15, -0.1) is 0 Å². The molecule has 0 saturated heterocycles. The van der Waals surface area contributed by atoms with Gasteiger partial charge in [-0.05, 0) is 66.2 Å². The van der Waals surface area contributed by atoms with Crippen molar-refractivity contribution in [3.8, 4) is 17.1 Å². The van der Waals surface area contributed by atoms with E-state index >= 15 is 0 Å². The molecule has 0 unspecified atom stereocenters. The van der Waals surface area contributed by atoms with E-state index in [2.05, 4.69) is 147 Å². The third-order valence-corrected chi connectivity index (χ3v) is 9.94. The molecule has 4 heterocycles. The molecule has 202 valence electrons. The van der Waals surface area contributed by atoms with Crippen LogP contribution >= 0.6 is 11.8 Å². The van der Waals surface area contributed by atoms with Crippen molar-refractivity contribution in [3.63, 3.8) is 0 Å². The van der Waals surface area contributed by atoms with Crippen molar-refractivity contribution in [2.75, 3.05) is 0 Å². The Kier molecular flexibility index (Phi) is 4.68. The number of thioether (sulfide) groups is 1. The molecule has 0 fully saturated rings. The van der Waals surface area contributed by atoms with Gasteiger partial charge >= 0.3 is 0 Å². The van der Waals surface area contributed by atoms with Crippen LogP contribution in [0.3, 0.4) is 0 Å². The van der Waals surface area contributed by atoms with Gasteiger partial charge in [0.2, 0.25) is 0 Å². The van der Waals surface area contributed by atoms with Crippen LogP contribution in [0.5, 0.6) is 0 Å². The number of rotatable bonds is 2. The van der Waals surface area contributed by atoms with Crippen molar-refractivity contribution in [3.05, 3.63) is 139 Å². The highest BCUT2D eigenvalue weighted by Gasteiger charge is 2.22. The molecule has 43 heavy (non-hydrogen) atoms. The highest BCUT2D eigenvalue weighted by Crippen LogP contribution is 2.40. The van der Waals surface area contributed by atoms with E-state index in [1.54, 1.807) is 0 Å². The minimum Gasteiger partial charge on any atom is -0.309 e. The van der Waals surface area contributed by atoms with Crippen LogP contribution in [-0.4, -0.2) is 18.7 Å². The third kappa shape index (κ3) is 3.20. The molecule has 0 saturated carbocycles. The third-order valence-electron chi connectivity index (χ3n) is 8.95. The maximum atomic E-state index is 5.10. The molecule has 3 aromatic heterocycles. The molecule has 0 bridgehead atoms. The molecule has 9 aromatic rings. The summed E-state index contributed by atoms with van der Waals surface area (Å²) >= 11 is 1.81. The predicted molar refractivity (Wildman–Crippen MR) is 179 cm³/mol. The van der Waals surface area contributed by atoms with Crippen LogP contribution in [-0.2, 0) is 5.75 Å². The fourth-order valence-corrected chi connectivity index (χ4v) is 8.10. The van der Waals surface area contributed by atoms with Crippen molar-refractivity contribution in [1.29, 1.82) is 0 Å². The Balaban J connectivity index is 1.21. The predicted octanol–water partition coefficient (Wildman–Crippen LogP) is 9.83. The van der Waals surface area contributed by atoms with E-state index in [1.165, 1.54) is 60.5 Å². The first-order valence-electron chi connectivity index (χ1n) is 14.6. The quantitative estimate of drug-likeness (QED) is 0.208. The number of hydrogen-bond acceptors (Lipinski definition) is 2. The SMILES string of the molecule is c1ccc2c(c1)CSc1nc3cc(-n4c5ccccc5c5cc(-n6c7ccccc7c7ccccc76)ccc54)ccc3n1-2. The van der Waals surface area contributed by atoms with Gasteiger partial charge in [-0.2, -0.15) is 0 Å². The molecule has 0 aliphatic carbocycles. The zero-order valence-electron chi connectivity index (χ0n) is 23.1. The molecule has 1 aliphatic heterocycles. The van der Waals surface area contributed by atoms with Crippen LogP contribution in [0.25, 0.3) is 71.7 Å². The number of hydrogen-bond donors (Lipinski definition) is 0. The van der Waals surface area contributed by atoms with Gasteiger partial charge in [0.05, 0.1) is 38.8 Å². The molecule has 1 aliphatic rings. The molecule has 0 atom stereocenters. The van der Waals surface area contributed by atoms with Gasteiger partial charge in [0.15, 0.2) is 5.16 Å². The van der Waals surface area contributed by atoms with Gasteiger partial charge in [-0.3, -0.25) is 4.57 Å². The first kappa shape index (κ1) is 23.3. The van der Waals surface area contributed by atoms with Crippen molar-refractivity contribution in [1.82, 2.24) is 18.7 Å². The summed E-state index contributed by atoms with van der Waals surface area (Å²) in [4.78, 5) is 5.10. The molecular formula is C38H24N4S. The van der Waals surface area contributed by atoms with Crippen LogP contribution in [0.2, 0.25) is 0 Å². The fraction of sp³-hybridized carbons (Fsp3) is 0.0263. The van der Waals surface area contributed by atoms with Crippen LogP contribution < -0.4 is 0 Å². The van der Waals surface area contributed by atoms with E-state index in [-0.39, 0.29) is 0 Å². The number of nitrogens with zero attached hydrogens (tertiary/aromatic N) is 4. The number of fused-ring (bicyclic) bond motifs is 11.